The molecule has 0 aromatic heterocycles. The molecule has 0 heterocycles. The van der Waals surface area contributed by atoms with E-state index in [1.807, 2.05) is 38.1 Å². The molecule has 0 fully saturated rings. The molecule has 0 atom stereocenters. The minimum Gasteiger partial charge on any atom is -0.207 e. The molecule has 0 aliphatic heterocycles. The van der Waals surface area contributed by atoms with E-state index in [0.29, 0.717) is 11.4 Å². The minimum absolute atomic E-state index is 0.327. The van der Waals surface area contributed by atoms with Gasteiger partial charge in [-0.3, -0.25) is 0 Å². The summed E-state index contributed by atoms with van der Waals surface area (Å²) in [6, 6.07) is 14.6. The summed E-state index contributed by atoms with van der Waals surface area (Å²) in [5.74, 6) is 0. The Bertz CT molecular complexity index is 694. The van der Waals surface area contributed by atoms with Crippen LogP contribution in [0.5, 0.6) is 0 Å². The Morgan fingerprint density at radius 3 is 2.30 bits per heavy atom. The number of hydrogen-bond acceptors (Lipinski definition) is 2. The lowest BCUT2D eigenvalue weighted by Crippen LogP contribution is -2.26. The summed E-state index contributed by atoms with van der Waals surface area (Å²) in [4.78, 5) is 0.327. The zero-order chi connectivity index (χ0) is 14.8. The first-order chi connectivity index (χ1) is 9.41. The van der Waals surface area contributed by atoms with Crippen molar-refractivity contribution in [2.45, 2.75) is 25.3 Å². The molecule has 2 aromatic carbocycles. The Morgan fingerprint density at radius 1 is 1.00 bits per heavy atom. The third-order valence-electron chi connectivity index (χ3n) is 3.35. The fraction of sp³-hybridized carbons (Fsp3) is 0.250. The molecule has 0 amide bonds. The molecule has 2 rings (SSSR count). The zero-order valence-electron chi connectivity index (χ0n) is 12.0. The van der Waals surface area contributed by atoms with Crippen LogP contribution in [0.4, 0.5) is 0 Å². The van der Waals surface area contributed by atoms with Crippen LogP contribution < -0.4 is 0 Å². The van der Waals surface area contributed by atoms with Crippen LogP contribution in [0.15, 0.2) is 53.4 Å². The van der Waals surface area contributed by atoms with Crippen molar-refractivity contribution in [3.63, 3.8) is 0 Å². The molecule has 4 heteroatoms. The highest BCUT2D eigenvalue weighted by Crippen LogP contribution is 2.18. The Balaban J connectivity index is 2.28. The number of rotatable bonds is 4. The fourth-order valence-corrected chi connectivity index (χ4v) is 3.24. The summed E-state index contributed by atoms with van der Waals surface area (Å²) >= 11 is 0. The van der Waals surface area contributed by atoms with E-state index in [2.05, 4.69) is 0 Å². The van der Waals surface area contributed by atoms with Gasteiger partial charge in [0.15, 0.2) is 0 Å². The first-order valence-electron chi connectivity index (χ1n) is 6.49. The molecule has 0 unspecified atom stereocenters. The van der Waals surface area contributed by atoms with Crippen LogP contribution in [0.2, 0.25) is 0 Å². The molecule has 0 radical (unpaired) electrons. The van der Waals surface area contributed by atoms with E-state index < -0.39 is 10.0 Å². The van der Waals surface area contributed by atoms with E-state index in [-0.39, 0.29) is 0 Å². The van der Waals surface area contributed by atoms with Gasteiger partial charge in [-0.2, -0.15) is 4.31 Å². The monoisotopic (exact) mass is 289 g/mol. The van der Waals surface area contributed by atoms with Crippen molar-refractivity contribution in [3.8, 4) is 0 Å². The molecule has 0 aliphatic carbocycles. The highest BCUT2D eigenvalue weighted by atomic mass is 32.2. The molecule has 2 aromatic rings. The molecule has 0 saturated carbocycles. The maximum atomic E-state index is 12.5. The maximum Gasteiger partial charge on any atom is 0.243 e. The van der Waals surface area contributed by atoms with Gasteiger partial charge in [0.25, 0.3) is 0 Å². The smallest absolute Gasteiger partial charge is 0.207 e. The van der Waals surface area contributed by atoms with E-state index in [4.69, 9.17) is 0 Å². The molecule has 106 valence electrons. The number of benzene rings is 2. The van der Waals surface area contributed by atoms with Crippen molar-refractivity contribution in [2.24, 2.45) is 0 Å². The van der Waals surface area contributed by atoms with E-state index in [1.165, 1.54) is 4.31 Å². The van der Waals surface area contributed by atoms with Crippen molar-refractivity contribution < 1.29 is 8.42 Å². The number of hydrogen-bond donors (Lipinski definition) is 0. The second kappa shape index (κ2) is 5.77. The summed E-state index contributed by atoms with van der Waals surface area (Å²) in [6.07, 6.45) is 0. The molecule has 0 spiro atoms. The average Bonchev–Trinajstić information content (AvgIpc) is 2.43. The van der Waals surface area contributed by atoms with Gasteiger partial charge in [-0.1, -0.05) is 42.0 Å². The molecule has 0 saturated heterocycles. The second-order valence-corrected chi connectivity index (χ2v) is 7.05. The predicted octanol–water partition coefficient (Wildman–Crippen LogP) is 3.12. The Hall–Kier alpha value is -1.65. The van der Waals surface area contributed by atoms with Crippen LogP contribution in [0.3, 0.4) is 0 Å². The van der Waals surface area contributed by atoms with Crippen LogP contribution in [0.25, 0.3) is 0 Å². The minimum atomic E-state index is -3.43. The van der Waals surface area contributed by atoms with Crippen LogP contribution in [-0.2, 0) is 16.6 Å². The van der Waals surface area contributed by atoms with Gasteiger partial charge in [-0.15, -0.1) is 0 Å². The summed E-state index contributed by atoms with van der Waals surface area (Å²) in [5, 5.41) is 0. The van der Waals surface area contributed by atoms with Crippen molar-refractivity contribution in [1.29, 1.82) is 0 Å². The van der Waals surface area contributed by atoms with Crippen LogP contribution >= 0.6 is 0 Å². The second-order valence-electron chi connectivity index (χ2n) is 5.00. The lowest BCUT2D eigenvalue weighted by molar-refractivity contribution is 0.466. The quantitative estimate of drug-likeness (QED) is 0.867. The predicted molar refractivity (Wildman–Crippen MR) is 81.0 cm³/mol. The highest BCUT2D eigenvalue weighted by molar-refractivity contribution is 7.89. The van der Waals surface area contributed by atoms with Gasteiger partial charge in [0.2, 0.25) is 10.0 Å². The lowest BCUT2D eigenvalue weighted by atomic mass is 10.1. The molecule has 0 bridgehead atoms. The molecule has 0 N–H and O–H groups in total. The largest absolute Gasteiger partial charge is 0.243 e. The molecular weight excluding hydrogens is 270 g/mol. The third-order valence-corrected chi connectivity index (χ3v) is 5.17. The van der Waals surface area contributed by atoms with Gasteiger partial charge >= 0.3 is 0 Å². The van der Waals surface area contributed by atoms with Crippen molar-refractivity contribution in [2.75, 3.05) is 7.05 Å². The highest BCUT2D eigenvalue weighted by Gasteiger charge is 2.20. The SMILES string of the molecule is Cc1ccc(C)c(CN(C)S(=O)(=O)c2ccccc2)c1. The third kappa shape index (κ3) is 3.08. The lowest BCUT2D eigenvalue weighted by Gasteiger charge is -2.18. The number of sulfonamides is 1. The molecular formula is C16H19NO2S. The van der Waals surface area contributed by atoms with Crippen LogP contribution in [0, 0.1) is 13.8 Å². The van der Waals surface area contributed by atoms with Gasteiger partial charge in [-0.05, 0) is 37.1 Å². The number of nitrogens with zero attached hydrogens (tertiary/aromatic N) is 1. The molecule has 0 aliphatic rings. The van der Waals surface area contributed by atoms with Gasteiger partial charge in [0.05, 0.1) is 4.90 Å². The van der Waals surface area contributed by atoms with Gasteiger partial charge in [-0.25, -0.2) is 8.42 Å². The Kier molecular flexibility index (Phi) is 4.26. The first-order valence-corrected chi connectivity index (χ1v) is 7.93. The summed E-state index contributed by atoms with van der Waals surface area (Å²) in [6.45, 7) is 4.39. The van der Waals surface area contributed by atoms with Crippen LogP contribution in [-0.4, -0.2) is 19.8 Å². The molecule has 3 nitrogen and oxygen atoms in total. The van der Waals surface area contributed by atoms with Gasteiger partial charge in [0, 0.05) is 13.6 Å². The van der Waals surface area contributed by atoms with E-state index in [1.54, 1.807) is 31.3 Å². The average molecular weight is 289 g/mol. The van der Waals surface area contributed by atoms with Gasteiger partial charge in [0.1, 0.15) is 0 Å². The number of aryl methyl sites for hydroxylation is 2. The van der Waals surface area contributed by atoms with E-state index >= 15 is 0 Å². The standard InChI is InChI=1S/C16H19NO2S/c1-13-9-10-14(2)15(11-13)12-17(3)20(18,19)16-7-5-4-6-8-16/h4-11H,12H2,1-3H3. The van der Waals surface area contributed by atoms with Crippen molar-refractivity contribution >= 4 is 10.0 Å². The topological polar surface area (TPSA) is 37.4 Å². The van der Waals surface area contributed by atoms with Crippen molar-refractivity contribution in [3.05, 3.63) is 65.2 Å². The Morgan fingerprint density at radius 2 is 1.65 bits per heavy atom. The maximum absolute atomic E-state index is 12.5. The van der Waals surface area contributed by atoms with Crippen LogP contribution in [0.1, 0.15) is 16.7 Å². The summed E-state index contributed by atoms with van der Waals surface area (Å²) in [7, 11) is -1.82. The van der Waals surface area contributed by atoms with Gasteiger partial charge < -0.3 is 0 Å². The first kappa shape index (κ1) is 14.8. The fourth-order valence-electron chi connectivity index (χ4n) is 2.07. The summed E-state index contributed by atoms with van der Waals surface area (Å²) < 4.78 is 26.3. The summed E-state index contributed by atoms with van der Waals surface area (Å²) in [5.41, 5.74) is 3.27. The van der Waals surface area contributed by atoms with E-state index in [9.17, 15) is 8.42 Å². The normalized spacial score (nSPS) is 11.8. The Labute approximate surface area is 120 Å². The molecule has 20 heavy (non-hydrogen) atoms. The van der Waals surface area contributed by atoms with E-state index in [0.717, 1.165) is 16.7 Å². The van der Waals surface area contributed by atoms with Crippen molar-refractivity contribution in [1.82, 2.24) is 4.31 Å². The zero-order valence-corrected chi connectivity index (χ0v) is 12.8.